The van der Waals surface area contributed by atoms with Crippen molar-refractivity contribution in [2.45, 2.75) is 12.8 Å². The normalized spacial score (nSPS) is 12.7. The van der Waals surface area contributed by atoms with Crippen molar-refractivity contribution in [3.63, 3.8) is 0 Å². The lowest BCUT2D eigenvalue weighted by molar-refractivity contribution is 0.0975. The molecule has 0 heterocycles. The van der Waals surface area contributed by atoms with Gasteiger partial charge in [0.05, 0.1) is 57.7 Å². The topological polar surface area (TPSA) is 286 Å². The Hall–Kier alpha value is -6.28. The zero-order valence-electron chi connectivity index (χ0n) is 34.2. The van der Waals surface area contributed by atoms with Crippen LogP contribution in [0.25, 0.3) is 0 Å². The van der Waals surface area contributed by atoms with E-state index in [0.29, 0.717) is 88.2 Å². The zero-order valence-corrected chi connectivity index (χ0v) is 34.2. The molecule has 2 aliphatic carbocycles. The molecule has 0 amide bonds. The lowest BCUT2D eigenvalue weighted by atomic mass is 9.81. The van der Waals surface area contributed by atoms with Gasteiger partial charge in [0.1, 0.15) is 23.0 Å². The molecule has 0 bridgehead atoms. The molecule has 0 unspecified atom stereocenters. The van der Waals surface area contributed by atoms with Crippen molar-refractivity contribution in [3.8, 4) is 23.0 Å². The van der Waals surface area contributed by atoms with Gasteiger partial charge in [-0.1, -0.05) is 0 Å². The second kappa shape index (κ2) is 21.5. The average Bonchev–Trinajstić information content (AvgIpc) is 3.26. The van der Waals surface area contributed by atoms with Crippen LogP contribution in [-0.2, 0) is 0 Å². The zero-order chi connectivity index (χ0) is 44.2. The van der Waals surface area contributed by atoms with Gasteiger partial charge in [0.15, 0.2) is 0 Å². The van der Waals surface area contributed by atoms with Crippen LogP contribution in [0.3, 0.4) is 0 Å². The monoisotopic (exact) mass is 854 g/mol. The first kappa shape index (κ1) is 45.3. The molecule has 0 atom stereocenters. The highest BCUT2D eigenvalue weighted by atomic mass is 16.3. The Morgan fingerprint density at radius 2 is 0.548 bits per heavy atom. The van der Waals surface area contributed by atoms with Gasteiger partial charge in [-0.25, -0.2) is 0 Å². The van der Waals surface area contributed by atoms with E-state index < -0.39 is 46.1 Å². The SMILES string of the molecule is O=C1c2c(O)ccc(O)c2C(=O)c2c(NCCNCCCCNCCNc3ccc(NCCNCCO)c4c3C(=O)c3c(O)ccc(O)c3C4=O)ccc(NCCNCCO)c21. The number of hydrogen-bond donors (Lipinski definition) is 14. The second-order valence-corrected chi connectivity index (χ2v) is 14.7. The first-order chi connectivity index (χ1) is 30.1. The van der Waals surface area contributed by atoms with Gasteiger partial charge in [-0.05, 0) is 74.5 Å². The van der Waals surface area contributed by atoms with Gasteiger partial charge < -0.3 is 73.2 Å². The molecule has 4 aromatic rings. The molecule has 14 N–H and O–H groups in total. The number of hydrogen-bond acceptors (Lipinski definition) is 18. The van der Waals surface area contributed by atoms with Gasteiger partial charge in [-0.15, -0.1) is 0 Å². The number of phenols is 4. The fourth-order valence-corrected chi connectivity index (χ4v) is 7.62. The molecule has 330 valence electrons. The summed E-state index contributed by atoms with van der Waals surface area (Å²) in [5, 5.41) is 85.8. The van der Waals surface area contributed by atoms with Crippen LogP contribution >= 0.6 is 0 Å². The minimum Gasteiger partial charge on any atom is -0.507 e. The largest absolute Gasteiger partial charge is 0.507 e. The Balaban J connectivity index is 0.968. The molecule has 4 aromatic carbocycles. The first-order valence-corrected chi connectivity index (χ1v) is 20.7. The predicted octanol–water partition coefficient (Wildman–Crippen LogP) is 1.53. The van der Waals surface area contributed by atoms with Crippen molar-refractivity contribution in [2.24, 2.45) is 0 Å². The smallest absolute Gasteiger partial charge is 0.200 e. The number of phenolic OH excluding ortho intramolecular Hbond substituents is 4. The van der Waals surface area contributed by atoms with Crippen LogP contribution in [0.2, 0.25) is 0 Å². The molecule has 0 spiro atoms. The molecule has 2 aliphatic rings. The van der Waals surface area contributed by atoms with E-state index in [1.54, 1.807) is 24.3 Å². The lowest BCUT2D eigenvalue weighted by Crippen LogP contribution is -2.29. The summed E-state index contributed by atoms with van der Waals surface area (Å²) in [7, 11) is 0. The number of nitrogens with one attached hydrogen (secondary N) is 8. The third kappa shape index (κ3) is 9.91. The highest BCUT2D eigenvalue weighted by Crippen LogP contribution is 2.44. The summed E-state index contributed by atoms with van der Waals surface area (Å²) in [6.07, 6.45) is 1.72. The molecule has 0 aliphatic heterocycles. The third-order valence-electron chi connectivity index (χ3n) is 10.6. The van der Waals surface area contributed by atoms with E-state index in [1.165, 1.54) is 24.3 Å². The molecule has 0 radical (unpaired) electrons. The summed E-state index contributed by atoms with van der Waals surface area (Å²) in [4.78, 5) is 55.1. The summed E-state index contributed by atoms with van der Waals surface area (Å²) in [6.45, 7) is 5.95. The molecular weight excluding hydrogens is 801 g/mol. The van der Waals surface area contributed by atoms with Gasteiger partial charge in [-0.2, -0.15) is 0 Å². The van der Waals surface area contributed by atoms with Crippen molar-refractivity contribution in [2.75, 3.05) is 113 Å². The summed E-state index contributed by atoms with van der Waals surface area (Å²) in [6, 6.07) is 11.5. The molecule has 6 rings (SSSR count). The van der Waals surface area contributed by atoms with E-state index in [9.17, 15) is 39.6 Å². The maximum atomic E-state index is 13.8. The molecule has 0 aromatic heterocycles. The number of carbonyl (C=O) groups excluding carboxylic acids is 4. The maximum Gasteiger partial charge on any atom is 0.200 e. The van der Waals surface area contributed by atoms with Gasteiger partial charge >= 0.3 is 0 Å². The van der Waals surface area contributed by atoms with Gasteiger partial charge in [0, 0.05) is 88.2 Å². The number of benzene rings is 4. The number of aliphatic hydroxyl groups excluding tert-OH is 2. The number of anilines is 4. The number of fused-ring (bicyclic) bond motifs is 4. The van der Waals surface area contributed by atoms with Crippen molar-refractivity contribution >= 4 is 45.9 Å². The third-order valence-corrected chi connectivity index (χ3v) is 10.6. The molecule has 0 saturated carbocycles. The van der Waals surface area contributed by atoms with E-state index in [2.05, 4.69) is 42.5 Å². The minimum absolute atomic E-state index is 0.0187. The Bertz CT molecular complexity index is 2140. The van der Waals surface area contributed by atoms with E-state index in [1.807, 2.05) is 0 Å². The summed E-state index contributed by atoms with van der Waals surface area (Å²) >= 11 is 0. The fraction of sp³-hybridized carbons (Fsp3) is 0.364. The van der Waals surface area contributed by atoms with E-state index in [-0.39, 0.29) is 57.7 Å². The molecule has 18 nitrogen and oxygen atoms in total. The molecule has 62 heavy (non-hydrogen) atoms. The minimum atomic E-state index is -0.582. The number of ketones is 4. The Morgan fingerprint density at radius 1 is 0.306 bits per heavy atom. The summed E-state index contributed by atoms with van der Waals surface area (Å²) in [5.41, 5.74) is 1.12. The van der Waals surface area contributed by atoms with Crippen LogP contribution in [0, 0.1) is 0 Å². The summed E-state index contributed by atoms with van der Waals surface area (Å²) in [5.74, 6) is -3.90. The van der Waals surface area contributed by atoms with Crippen LogP contribution in [0.1, 0.15) is 76.5 Å². The van der Waals surface area contributed by atoms with Crippen molar-refractivity contribution in [3.05, 3.63) is 93.0 Å². The number of rotatable bonds is 25. The predicted molar refractivity (Wildman–Crippen MR) is 235 cm³/mol. The molecule has 0 saturated heterocycles. The van der Waals surface area contributed by atoms with Crippen LogP contribution < -0.4 is 42.5 Å². The lowest BCUT2D eigenvalue weighted by Gasteiger charge is -2.25. The van der Waals surface area contributed by atoms with Crippen molar-refractivity contribution in [1.82, 2.24) is 21.3 Å². The second-order valence-electron chi connectivity index (χ2n) is 14.7. The standard InChI is InChI=1S/C44H54N8O10/c53-23-21-47-15-19-51-27-5-3-25(33-35(27)43(61)39-31(57)9-7-29(55)37(39)41(33)59)49-17-13-45-11-1-2-12-46-14-18-50-26-4-6-28(52-20-16-48-22-24-54)36-34(26)42(60)38-30(56)8-10-32(58)40(38)44(36)62/h3-10,45-58H,1-2,11-24H2. The molecule has 0 fully saturated rings. The van der Waals surface area contributed by atoms with Gasteiger partial charge in [0.2, 0.25) is 23.1 Å². The van der Waals surface area contributed by atoms with E-state index >= 15 is 0 Å². The Morgan fingerprint density at radius 3 is 0.790 bits per heavy atom. The highest BCUT2D eigenvalue weighted by Gasteiger charge is 2.39. The van der Waals surface area contributed by atoms with E-state index in [0.717, 1.165) is 25.9 Å². The fourth-order valence-electron chi connectivity index (χ4n) is 7.62. The van der Waals surface area contributed by atoms with Crippen LogP contribution in [0.15, 0.2) is 48.5 Å². The van der Waals surface area contributed by atoms with Crippen molar-refractivity contribution < 1.29 is 49.8 Å². The number of carbonyl (C=O) groups is 4. The van der Waals surface area contributed by atoms with Crippen LogP contribution in [-0.4, -0.2) is 146 Å². The van der Waals surface area contributed by atoms with Crippen LogP contribution in [0.5, 0.6) is 23.0 Å². The Kier molecular flexibility index (Phi) is 15.7. The summed E-state index contributed by atoms with van der Waals surface area (Å²) < 4.78 is 0. The number of aromatic hydroxyl groups is 4. The number of unbranched alkanes of at least 4 members (excludes halogenated alkanes) is 1. The first-order valence-electron chi connectivity index (χ1n) is 20.7. The molecular formula is C44H54N8O10. The molecule has 18 heteroatoms. The average molecular weight is 855 g/mol. The van der Waals surface area contributed by atoms with E-state index in [4.69, 9.17) is 10.2 Å². The Labute approximate surface area is 358 Å². The van der Waals surface area contributed by atoms with Gasteiger partial charge in [-0.3, -0.25) is 19.2 Å². The maximum absolute atomic E-state index is 13.8. The van der Waals surface area contributed by atoms with Crippen molar-refractivity contribution in [1.29, 1.82) is 0 Å². The van der Waals surface area contributed by atoms with Crippen LogP contribution in [0.4, 0.5) is 22.7 Å². The highest BCUT2D eigenvalue weighted by molar-refractivity contribution is 6.34. The quantitative estimate of drug-likeness (QED) is 0.0287. The van der Waals surface area contributed by atoms with Gasteiger partial charge in [0.25, 0.3) is 0 Å². The number of aliphatic hydroxyl groups is 2.